The van der Waals surface area contributed by atoms with E-state index in [2.05, 4.69) is 5.32 Å². The molecule has 0 bridgehead atoms. The number of nitrogens with one attached hydrogen (secondary N) is 1. The Morgan fingerprint density at radius 3 is 2.11 bits per heavy atom. The van der Waals surface area contributed by atoms with E-state index in [1.54, 1.807) is 16.7 Å². The maximum Gasteiger partial charge on any atom is 0.256 e. The molecule has 2 aromatic carbocycles. The van der Waals surface area contributed by atoms with Gasteiger partial charge in [-0.25, -0.2) is 0 Å². The van der Waals surface area contributed by atoms with Crippen LogP contribution in [0.4, 0.5) is 5.69 Å². The van der Waals surface area contributed by atoms with Crippen molar-refractivity contribution in [2.45, 2.75) is 19.8 Å². The first-order valence-corrected chi connectivity index (χ1v) is 9.41. The molecule has 1 heterocycles. The van der Waals surface area contributed by atoms with Gasteiger partial charge in [0.25, 0.3) is 5.91 Å². The van der Waals surface area contributed by atoms with Crippen LogP contribution in [0.5, 0.6) is 0 Å². The van der Waals surface area contributed by atoms with Gasteiger partial charge in [0.2, 0.25) is 11.8 Å². The summed E-state index contributed by atoms with van der Waals surface area (Å²) in [6.07, 6.45) is 1.82. The summed E-state index contributed by atoms with van der Waals surface area (Å²) in [5.41, 5.74) is 1.09. The highest BCUT2D eigenvalue weighted by Gasteiger charge is 2.31. The molecule has 1 aliphatic carbocycles. The van der Waals surface area contributed by atoms with E-state index in [1.165, 1.54) is 0 Å². The number of hydrogen-bond donors (Lipinski definition) is 1. The zero-order chi connectivity index (χ0) is 19.0. The second kappa shape index (κ2) is 7.02. The van der Waals surface area contributed by atoms with E-state index in [0.717, 1.165) is 23.6 Å². The van der Waals surface area contributed by atoms with Gasteiger partial charge < -0.3 is 15.1 Å². The lowest BCUT2D eigenvalue weighted by Gasteiger charge is -2.34. The molecule has 140 valence electrons. The standard InChI is InChI=1S/C21H23N3O3/c1-14(25)23-8-10-24(11-9-23)21(27)18-12-16-4-2-3-5-17(16)13-19(18)22-20(26)15-6-7-15/h2-5,12-13,15H,6-11H2,1H3,(H,22,26). The predicted octanol–water partition coefficient (Wildman–Crippen LogP) is 2.49. The molecule has 0 spiro atoms. The Hall–Kier alpha value is -2.89. The molecule has 1 N–H and O–H groups in total. The lowest BCUT2D eigenvalue weighted by Crippen LogP contribution is -2.50. The van der Waals surface area contributed by atoms with Gasteiger partial charge in [-0.15, -0.1) is 0 Å². The van der Waals surface area contributed by atoms with E-state index < -0.39 is 0 Å². The Kier molecular flexibility index (Phi) is 4.56. The SMILES string of the molecule is CC(=O)N1CCN(C(=O)c2cc3ccccc3cc2NC(=O)C2CC2)CC1. The van der Waals surface area contributed by atoms with E-state index in [1.807, 2.05) is 36.4 Å². The molecule has 6 heteroatoms. The normalized spacial score (nSPS) is 17.1. The second-order valence-electron chi connectivity index (χ2n) is 7.31. The van der Waals surface area contributed by atoms with Crippen LogP contribution in [0, 0.1) is 5.92 Å². The van der Waals surface area contributed by atoms with Crippen LogP contribution in [0.2, 0.25) is 0 Å². The molecule has 3 amide bonds. The van der Waals surface area contributed by atoms with Gasteiger partial charge in [-0.1, -0.05) is 24.3 Å². The third-order valence-corrected chi connectivity index (χ3v) is 5.33. The Morgan fingerprint density at radius 2 is 1.52 bits per heavy atom. The highest BCUT2D eigenvalue weighted by atomic mass is 16.2. The molecule has 2 aromatic rings. The monoisotopic (exact) mass is 365 g/mol. The molecule has 27 heavy (non-hydrogen) atoms. The Bertz CT molecular complexity index is 912. The van der Waals surface area contributed by atoms with Crippen molar-refractivity contribution in [2.24, 2.45) is 5.92 Å². The average molecular weight is 365 g/mol. The molecule has 0 atom stereocenters. The number of carbonyl (C=O) groups is 3. The van der Waals surface area contributed by atoms with Crippen molar-refractivity contribution in [2.75, 3.05) is 31.5 Å². The summed E-state index contributed by atoms with van der Waals surface area (Å²) in [7, 11) is 0. The Morgan fingerprint density at radius 1 is 0.926 bits per heavy atom. The van der Waals surface area contributed by atoms with Crippen LogP contribution in [-0.4, -0.2) is 53.7 Å². The number of amides is 3. The first kappa shape index (κ1) is 17.5. The van der Waals surface area contributed by atoms with Crippen LogP contribution in [0.1, 0.15) is 30.1 Å². The number of anilines is 1. The third-order valence-electron chi connectivity index (χ3n) is 5.33. The van der Waals surface area contributed by atoms with Crippen molar-refractivity contribution in [1.29, 1.82) is 0 Å². The van der Waals surface area contributed by atoms with Gasteiger partial charge in [0.1, 0.15) is 0 Å². The van der Waals surface area contributed by atoms with E-state index in [0.29, 0.717) is 37.4 Å². The van der Waals surface area contributed by atoms with Crippen molar-refractivity contribution >= 4 is 34.2 Å². The van der Waals surface area contributed by atoms with E-state index >= 15 is 0 Å². The van der Waals surface area contributed by atoms with Crippen LogP contribution in [0.3, 0.4) is 0 Å². The second-order valence-corrected chi connectivity index (χ2v) is 7.31. The van der Waals surface area contributed by atoms with Crippen molar-refractivity contribution in [3.63, 3.8) is 0 Å². The first-order chi connectivity index (χ1) is 13.0. The molecule has 6 nitrogen and oxygen atoms in total. The summed E-state index contributed by atoms with van der Waals surface area (Å²) in [4.78, 5) is 40.5. The number of piperazine rings is 1. The number of carbonyl (C=O) groups excluding carboxylic acids is 3. The quantitative estimate of drug-likeness (QED) is 0.909. The van der Waals surface area contributed by atoms with Crippen molar-refractivity contribution in [1.82, 2.24) is 9.80 Å². The van der Waals surface area contributed by atoms with Crippen molar-refractivity contribution in [3.05, 3.63) is 42.0 Å². The number of rotatable bonds is 3. The van der Waals surface area contributed by atoms with Gasteiger partial charge in [0, 0.05) is 39.0 Å². The topological polar surface area (TPSA) is 69.7 Å². The number of nitrogens with zero attached hydrogens (tertiary/aromatic N) is 2. The summed E-state index contributed by atoms with van der Waals surface area (Å²) >= 11 is 0. The summed E-state index contributed by atoms with van der Waals surface area (Å²) in [5.74, 6) is -0.0143. The van der Waals surface area contributed by atoms with Crippen molar-refractivity contribution in [3.8, 4) is 0 Å². The maximum atomic E-state index is 13.2. The van der Waals surface area contributed by atoms with Gasteiger partial charge in [-0.05, 0) is 35.7 Å². The Labute approximate surface area is 158 Å². The molecule has 0 radical (unpaired) electrons. The Balaban J connectivity index is 1.63. The minimum Gasteiger partial charge on any atom is -0.339 e. The summed E-state index contributed by atoms with van der Waals surface area (Å²) in [5, 5.41) is 4.91. The summed E-state index contributed by atoms with van der Waals surface area (Å²) < 4.78 is 0. The molecule has 1 aliphatic heterocycles. The number of benzene rings is 2. The molecule has 1 saturated heterocycles. The lowest BCUT2D eigenvalue weighted by atomic mass is 10.0. The van der Waals surface area contributed by atoms with Crippen LogP contribution in [0.25, 0.3) is 10.8 Å². The van der Waals surface area contributed by atoms with Crippen LogP contribution in [0.15, 0.2) is 36.4 Å². The molecule has 0 aromatic heterocycles. The van der Waals surface area contributed by atoms with Gasteiger partial charge in [0.05, 0.1) is 11.3 Å². The van der Waals surface area contributed by atoms with Crippen LogP contribution >= 0.6 is 0 Å². The zero-order valence-corrected chi connectivity index (χ0v) is 15.4. The smallest absolute Gasteiger partial charge is 0.256 e. The summed E-state index contributed by atoms with van der Waals surface area (Å²) in [6, 6.07) is 11.6. The highest BCUT2D eigenvalue weighted by Crippen LogP contribution is 2.32. The molecular formula is C21H23N3O3. The molecule has 4 rings (SSSR count). The van der Waals surface area contributed by atoms with Gasteiger partial charge in [-0.2, -0.15) is 0 Å². The largest absolute Gasteiger partial charge is 0.339 e. The van der Waals surface area contributed by atoms with Gasteiger partial charge >= 0.3 is 0 Å². The zero-order valence-electron chi connectivity index (χ0n) is 15.4. The van der Waals surface area contributed by atoms with E-state index in [4.69, 9.17) is 0 Å². The first-order valence-electron chi connectivity index (χ1n) is 9.41. The molecule has 2 aliphatic rings. The molecule has 0 unspecified atom stereocenters. The fourth-order valence-electron chi connectivity index (χ4n) is 3.50. The summed E-state index contributed by atoms with van der Waals surface area (Å²) in [6.45, 7) is 3.63. The minimum absolute atomic E-state index is 0.0132. The molecule has 1 saturated carbocycles. The van der Waals surface area contributed by atoms with Gasteiger partial charge in [-0.3, -0.25) is 14.4 Å². The fraction of sp³-hybridized carbons (Fsp3) is 0.381. The third kappa shape index (κ3) is 3.65. The minimum atomic E-state index is -0.102. The van der Waals surface area contributed by atoms with Crippen LogP contribution < -0.4 is 5.32 Å². The maximum absolute atomic E-state index is 13.2. The molecule has 2 fully saturated rings. The number of hydrogen-bond acceptors (Lipinski definition) is 3. The lowest BCUT2D eigenvalue weighted by molar-refractivity contribution is -0.130. The predicted molar refractivity (Wildman–Crippen MR) is 103 cm³/mol. The molecular weight excluding hydrogens is 342 g/mol. The van der Waals surface area contributed by atoms with Gasteiger partial charge in [0.15, 0.2) is 0 Å². The van der Waals surface area contributed by atoms with Crippen LogP contribution in [-0.2, 0) is 9.59 Å². The average Bonchev–Trinajstić information content (AvgIpc) is 3.52. The van der Waals surface area contributed by atoms with Crippen molar-refractivity contribution < 1.29 is 14.4 Å². The number of fused-ring (bicyclic) bond motifs is 1. The highest BCUT2D eigenvalue weighted by molar-refractivity contribution is 6.08. The fourth-order valence-corrected chi connectivity index (χ4v) is 3.50. The van der Waals surface area contributed by atoms with E-state index in [-0.39, 0.29) is 23.6 Å². The van der Waals surface area contributed by atoms with E-state index in [9.17, 15) is 14.4 Å².